The fourth-order valence-corrected chi connectivity index (χ4v) is 7.84. The van der Waals surface area contributed by atoms with Gasteiger partial charge in [-0.05, 0) is 54.3 Å². The number of hydrogen-bond acceptors (Lipinski definition) is 6. The third kappa shape index (κ3) is 6.72. The molecular weight excluding hydrogens is 692 g/mol. The standard InChI is InChI=1S/C28H23BrF4N4O5S2/c1-15-2-5-18(11-22(15)30)24-14-34-27(35-24)23(36-43(39,40)19-8-9-21(29)20(12-19)28(31,32)33)10-16-3-6-17(7-4-16)25-13-26(38)37-44(25,41)42/h2-9,11-12,14,23,25,36H,10,13H2,1H3,(H,34,35)(H,37,38). The van der Waals surface area contributed by atoms with E-state index < -0.39 is 59.7 Å². The zero-order chi connectivity index (χ0) is 32.0. The molecule has 3 aromatic carbocycles. The minimum Gasteiger partial charge on any atom is -0.341 e. The summed E-state index contributed by atoms with van der Waals surface area (Å²) in [6.45, 7) is 1.59. The summed E-state index contributed by atoms with van der Waals surface area (Å²) in [6, 6.07) is 12.0. The molecule has 0 bridgehead atoms. The van der Waals surface area contributed by atoms with Gasteiger partial charge in [0.25, 0.3) is 0 Å². The normalized spacial score (nSPS) is 17.4. The van der Waals surface area contributed by atoms with Gasteiger partial charge in [0, 0.05) is 10.0 Å². The average molecular weight is 716 g/mol. The zero-order valence-corrected chi connectivity index (χ0v) is 25.8. The predicted molar refractivity (Wildman–Crippen MR) is 155 cm³/mol. The largest absolute Gasteiger partial charge is 0.417 e. The van der Waals surface area contributed by atoms with Crippen LogP contribution in [0.15, 0.2) is 76.2 Å². The molecule has 2 atom stereocenters. The summed E-state index contributed by atoms with van der Waals surface area (Å²) in [5.41, 5.74) is 0.902. The van der Waals surface area contributed by atoms with Gasteiger partial charge in [0.2, 0.25) is 26.0 Å². The van der Waals surface area contributed by atoms with Crippen LogP contribution < -0.4 is 9.44 Å². The van der Waals surface area contributed by atoms with Crippen LogP contribution in [0.1, 0.15) is 45.8 Å². The maximum Gasteiger partial charge on any atom is 0.417 e. The number of H-pyrrole nitrogens is 1. The topological polar surface area (TPSA) is 138 Å². The molecule has 4 aromatic rings. The Balaban J connectivity index is 1.49. The van der Waals surface area contributed by atoms with Gasteiger partial charge in [-0.15, -0.1) is 0 Å². The molecule has 1 aliphatic heterocycles. The molecule has 2 heterocycles. The molecule has 44 heavy (non-hydrogen) atoms. The van der Waals surface area contributed by atoms with Gasteiger partial charge in [0.15, 0.2) is 0 Å². The SMILES string of the molecule is Cc1ccc(-c2cnc(C(Cc3ccc(C4CC(=O)NS4(=O)=O)cc3)NS(=O)(=O)c3ccc(Br)c(C(F)(F)F)c3)[nH]2)cc1F. The molecule has 1 amide bonds. The average Bonchev–Trinajstić information content (AvgIpc) is 3.53. The number of aryl methyl sites for hydroxylation is 1. The van der Waals surface area contributed by atoms with Crippen molar-refractivity contribution in [3.05, 3.63) is 105 Å². The molecule has 0 aliphatic carbocycles. The number of imidazole rings is 1. The summed E-state index contributed by atoms with van der Waals surface area (Å²) in [6.07, 6.45) is -3.75. The number of amides is 1. The number of aromatic nitrogens is 2. The van der Waals surface area contributed by atoms with Crippen LogP contribution in [0.4, 0.5) is 17.6 Å². The molecule has 9 nitrogen and oxygen atoms in total. The molecule has 5 rings (SSSR count). The van der Waals surface area contributed by atoms with Gasteiger partial charge >= 0.3 is 6.18 Å². The van der Waals surface area contributed by atoms with Crippen molar-refractivity contribution in [3.63, 3.8) is 0 Å². The number of aromatic amines is 1. The van der Waals surface area contributed by atoms with E-state index in [0.29, 0.717) is 34.0 Å². The maximum atomic E-state index is 14.2. The van der Waals surface area contributed by atoms with Crippen molar-refractivity contribution in [3.8, 4) is 11.3 Å². The zero-order valence-electron chi connectivity index (χ0n) is 22.6. The number of halogens is 5. The molecule has 1 aromatic heterocycles. The van der Waals surface area contributed by atoms with E-state index in [1.807, 2.05) is 4.72 Å². The van der Waals surface area contributed by atoms with E-state index in [9.17, 15) is 39.2 Å². The molecule has 1 saturated heterocycles. The lowest BCUT2D eigenvalue weighted by Gasteiger charge is -2.19. The second kappa shape index (κ2) is 11.7. The first-order chi connectivity index (χ1) is 20.5. The highest BCUT2D eigenvalue weighted by Gasteiger charge is 2.38. The Labute approximate surface area is 258 Å². The van der Waals surface area contributed by atoms with Crippen LogP contribution in [0.25, 0.3) is 11.3 Å². The number of nitrogens with zero attached hydrogens (tertiary/aromatic N) is 1. The van der Waals surface area contributed by atoms with Crippen molar-refractivity contribution in [1.82, 2.24) is 19.4 Å². The highest BCUT2D eigenvalue weighted by molar-refractivity contribution is 9.10. The second-order valence-electron chi connectivity index (χ2n) is 10.2. The number of alkyl halides is 3. The lowest BCUT2D eigenvalue weighted by atomic mass is 10.0. The molecule has 1 fully saturated rings. The third-order valence-corrected chi connectivity index (χ3v) is 10.9. The summed E-state index contributed by atoms with van der Waals surface area (Å²) >= 11 is 2.80. The molecule has 16 heteroatoms. The van der Waals surface area contributed by atoms with Gasteiger partial charge in [0.05, 0.1) is 34.8 Å². The molecular formula is C28H23BrF4N4O5S2. The van der Waals surface area contributed by atoms with Gasteiger partial charge in [0.1, 0.15) is 16.9 Å². The number of benzene rings is 3. The Hall–Kier alpha value is -3.60. The van der Waals surface area contributed by atoms with E-state index in [2.05, 4.69) is 30.6 Å². The van der Waals surface area contributed by atoms with Crippen LogP contribution in [-0.4, -0.2) is 32.7 Å². The van der Waals surface area contributed by atoms with E-state index >= 15 is 0 Å². The molecule has 2 unspecified atom stereocenters. The number of nitrogens with one attached hydrogen (secondary N) is 3. The molecule has 0 spiro atoms. The summed E-state index contributed by atoms with van der Waals surface area (Å²) in [5.74, 6) is -1.000. The van der Waals surface area contributed by atoms with Crippen LogP contribution in [0.3, 0.4) is 0 Å². The molecule has 0 radical (unpaired) electrons. The van der Waals surface area contributed by atoms with E-state index in [0.717, 1.165) is 12.1 Å². The summed E-state index contributed by atoms with van der Waals surface area (Å²) in [4.78, 5) is 18.3. The fourth-order valence-electron chi connectivity index (χ4n) is 4.71. The van der Waals surface area contributed by atoms with Gasteiger partial charge in [-0.3, -0.25) is 9.52 Å². The Morgan fingerprint density at radius 1 is 1.09 bits per heavy atom. The minimum atomic E-state index is -4.82. The van der Waals surface area contributed by atoms with Crippen molar-refractivity contribution in [1.29, 1.82) is 0 Å². The Morgan fingerprint density at radius 3 is 2.41 bits per heavy atom. The van der Waals surface area contributed by atoms with Crippen molar-refractivity contribution in [2.45, 2.75) is 42.1 Å². The number of carbonyl (C=O) groups excluding carboxylic acids is 1. The highest BCUT2D eigenvalue weighted by Crippen LogP contribution is 2.37. The van der Waals surface area contributed by atoms with Gasteiger partial charge < -0.3 is 4.98 Å². The van der Waals surface area contributed by atoms with Gasteiger partial charge in [-0.2, -0.15) is 13.2 Å². The Bertz CT molecular complexity index is 1960. The summed E-state index contributed by atoms with van der Waals surface area (Å²) in [7, 11) is -8.44. The van der Waals surface area contributed by atoms with E-state index in [1.165, 1.54) is 24.4 Å². The van der Waals surface area contributed by atoms with E-state index in [4.69, 9.17) is 0 Å². The number of hydrogen-bond donors (Lipinski definition) is 3. The fraction of sp³-hybridized carbons (Fsp3) is 0.214. The third-order valence-electron chi connectivity index (χ3n) is 7.05. The Morgan fingerprint density at radius 2 is 1.80 bits per heavy atom. The monoisotopic (exact) mass is 714 g/mol. The van der Waals surface area contributed by atoms with Crippen LogP contribution in [-0.2, 0) is 37.4 Å². The van der Waals surface area contributed by atoms with Crippen LogP contribution >= 0.6 is 15.9 Å². The maximum absolute atomic E-state index is 14.2. The smallest absolute Gasteiger partial charge is 0.341 e. The first kappa shape index (κ1) is 31.8. The van der Waals surface area contributed by atoms with Crippen LogP contribution in [0, 0.1) is 12.7 Å². The lowest BCUT2D eigenvalue weighted by molar-refractivity contribution is -0.138. The minimum absolute atomic E-state index is 0.0635. The summed E-state index contributed by atoms with van der Waals surface area (Å²) in [5, 5.41) is -1.08. The first-order valence-electron chi connectivity index (χ1n) is 12.9. The predicted octanol–water partition coefficient (Wildman–Crippen LogP) is 5.46. The first-order valence-corrected chi connectivity index (χ1v) is 16.7. The van der Waals surface area contributed by atoms with Crippen molar-refractivity contribution in [2.75, 3.05) is 0 Å². The number of carbonyl (C=O) groups is 1. The molecule has 1 aliphatic rings. The van der Waals surface area contributed by atoms with Crippen molar-refractivity contribution >= 4 is 41.9 Å². The van der Waals surface area contributed by atoms with E-state index in [-0.39, 0.29) is 23.1 Å². The van der Waals surface area contributed by atoms with Crippen molar-refractivity contribution < 1.29 is 39.2 Å². The second-order valence-corrected chi connectivity index (χ2v) is 14.6. The molecule has 0 saturated carbocycles. The lowest BCUT2D eigenvalue weighted by Crippen LogP contribution is -2.31. The molecule has 3 N–H and O–H groups in total. The van der Waals surface area contributed by atoms with Crippen LogP contribution in [0.5, 0.6) is 0 Å². The van der Waals surface area contributed by atoms with Gasteiger partial charge in [-0.1, -0.05) is 52.3 Å². The highest BCUT2D eigenvalue weighted by atomic mass is 79.9. The summed E-state index contributed by atoms with van der Waals surface area (Å²) < 4.78 is 110. The molecule has 232 valence electrons. The van der Waals surface area contributed by atoms with Crippen molar-refractivity contribution in [2.24, 2.45) is 0 Å². The number of rotatable bonds is 8. The number of sulfonamides is 2. The quantitative estimate of drug-likeness (QED) is 0.207. The van der Waals surface area contributed by atoms with Crippen LogP contribution in [0.2, 0.25) is 0 Å². The van der Waals surface area contributed by atoms with Gasteiger partial charge in [-0.25, -0.2) is 30.9 Å². The Kier molecular flexibility index (Phi) is 8.48. The van der Waals surface area contributed by atoms with E-state index in [1.54, 1.807) is 31.2 Å².